The molecule has 0 spiro atoms. The Kier molecular flexibility index (Phi) is 4.05. The third-order valence-electron chi connectivity index (χ3n) is 2.73. The zero-order valence-corrected chi connectivity index (χ0v) is 11.5. The Morgan fingerprint density at radius 3 is 2.64 bits per heavy atom. The standard InChI is InChI=1S/C15H12N4O3/c20-15(21-12-4-2-1-3-5-12)17-10-13-18-19-14(22-13)11-6-8-16-9-7-11/h1-9H,10H2,(H,17,20). The summed E-state index contributed by atoms with van der Waals surface area (Å²) in [6, 6.07) is 12.3. The SMILES string of the molecule is O=C(NCc1nnc(-c2ccncc2)o1)Oc1ccccc1. The zero-order chi connectivity index (χ0) is 15.2. The summed E-state index contributed by atoms with van der Waals surface area (Å²) in [6.07, 6.45) is 2.68. The van der Waals surface area contributed by atoms with Gasteiger partial charge in [0.2, 0.25) is 11.8 Å². The van der Waals surface area contributed by atoms with Crippen LogP contribution in [0.5, 0.6) is 5.75 Å². The van der Waals surface area contributed by atoms with Gasteiger partial charge >= 0.3 is 6.09 Å². The van der Waals surface area contributed by atoms with E-state index in [2.05, 4.69) is 20.5 Å². The molecule has 0 unspecified atom stereocenters. The molecule has 1 N–H and O–H groups in total. The van der Waals surface area contributed by atoms with Gasteiger partial charge in [0.15, 0.2) is 0 Å². The summed E-state index contributed by atoms with van der Waals surface area (Å²) in [6.45, 7) is 0.0871. The second-order valence-electron chi connectivity index (χ2n) is 4.29. The predicted octanol–water partition coefficient (Wildman–Crippen LogP) is 2.42. The number of rotatable bonds is 4. The van der Waals surface area contributed by atoms with Crippen LogP contribution in [-0.2, 0) is 6.54 Å². The van der Waals surface area contributed by atoms with Crippen LogP contribution in [0.4, 0.5) is 4.79 Å². The van der Waals surface area contributed by atoms with Crippen molar-refractivity contribution in [3.63, 3.8) is 0 Å². The highest BCUT2D eigenvalue weighted by atomic mass is 16.6. The minimum absolute atomic E-state index is 0.0871. The molecule has 1 amide bonds. The molecule has 2 aromatic heterocycles. The van der Waals surface area contributed by atoms with Gasteiger partial charge in [0, 0.05) is 18.0 Å². The molecule has 0 saturated carbocycles. The zero-order valence-electron chi connectivity index (χ0n) is 11.5. The average Bonchev–Trinajstić information content (AvgIpc) is 3.04. The number of carbonyl (C=O) groups excluding carboxylic acids is 1. The molecule has 0 aliphatic rings. The van der Waals surface area contributed by atoms with Crippen molar-refractivity contribution in [1.29, 1.82) is 0 Å². The van der Waals surface area contributed by atoms with Crippen LogP contribution in [-0.4, -0.2) is 21.3 Å². The van der Waals surface area contributed by atoms with E-state index >= 15 is 0 Å². The van der Waals surface area contributed by atoms with Gasteiger partial charge in [-0.1, -0.05) is 18.2 Å². The number of ether oxygens (including phenoxy) is 1. The molecule has 2 heterocycles. The molecule has 7 nitrogen and oxygen atoms in total. The van der Waals surface area contributed by atoms with E-state index in [-0.39, 0.29) is 12.4 Å². The van der Waals surface area contributed by atoms with Crippen LogP contribution in [0.1, 0.15) is 5.89 Å². The normalized spacial score (nSPS) is 10.2. The second kappa shape index (κ2) is 6.49. The third-order valence-corrected chi connectivity index (χ3v) is 2.73. The van der Waals surface area contributed by atoms with Crippen LogP contribution in [0, 0.1) is 0 Å². The lowest BCUT2D eigenvalue weighted by Crippen LogP contribution is -2.26. The Morgan fingerprint density at radius 2 is 1.86 bits per heavy atom. The molecular weight excluding hydrogens is 284 g/mol. The van der Waals surface area contributed by atoms with Crippen LogP contribution >= 0.6 is 0 Å². The highest BCUT2D eigenvalue weighted by Crippen LogP contribution is 2.16. The van der Waals surface area contributed by atoms with Gasteiger partial charge in [-0.05, 0) is 24.3 Å². The fourth-order valence-corrected chi connectivity index (χ4v) is 1.72. The van der Waals surface area contributed by atoms with Crippen molar-refractivity contribution in [2.75, 3.05) is 0 Å². The summed E-state index contributed by atoms with van der Waals surface area (Å²) in [5.41, 5.74) is 0.764. The molecule has 22 heavy (non-hydrogen) atoms. The summed E-state index contributed by atoms with van der Waals surface area (Å²) in [7, 11) is 0. The first-order chi connectivity index (χ1) is 10.8. The average molecular weight is 296 g/mol. The van der Waals surface area contributed by atoms with E-state index in [1.807, 2.05) is 6.07 Å². The fraction of sp³-hybridized carbons (Fsp3) is 0.0667. The second-order valence-corrected chi connectivity index (χ2v) is 4.29. The highest BCUT2D eigenvalue weighted by molar-refractivity contribution is 5.70. The van der Waals surface area contributed by atoms with Crippen molar-refractivity contribution in [1.82, 2.24) is 20.5 Å². The summed E-state index contributed by atoms with van der Waals surface area (Å²) in [4.78, 5) is 15.5. The molecule has 3 aromatic rings. The molecule has 0 radical (unpaired) electrons. The minimum Gasteiger partial charge on any atom is -0.419 e. The summed E-state index contributed by atoms with van der Waals surface area (Å²) >= 11 is 0. The van der Waals surface area contributed by atoms with E-state index in [0.29, 0.717) is 11.6 Å². The van der Waals surface area contributed by atoms with E-state index in [4.69, 9.17) is 9.15 Å². The minimum atomic E-state index is -0.588. The van der Waals surface area contributed by atoms with Gasteiger partial charge < -0.3 is 14.5 Å². The van der Waals surface area contributed by atoms with Crippen LogP contribution in [0.25, 0.3) is 11.5 Å². The number of para-hydroxylation sites is 1. The van der Waals surface area contributed by atoms with E-state index < -0.39 is 6.09 Å². The number of hydrogen-bond donors (Lipinski definition) is 1. The molecule has 0 saturated heterocycles. The number of aromatic nitrogens is 3. The van der Waals surface area contributed by atoms with Gasteiger partial charge in [-0.15, -0.1) is 10.2 Å². The topological polar surface area (TPSA) is 90.1 Å². The Morgan fingerprint density at radius 1 is 1.09 bits per heavy atom. The predicted molar refractivity (Wildman–Crippen MR) is 76.8 cm³/mol. The Balaban J connectivity index is 1.56. The number of nitrogens with one attached hydrogen (secondary N) is 1. The third kappa shape index (κ3) is 3.45. The lowest BCUT2D eigenvalue weighted by Gasteiger charge is -2.04. The van der Waals surface area contributed by atoms with Crippen molar-refractivity contribution in [2.45, 2.75) is 6.54 Å². The summed E-state index contributed by atoms with van der Waals surface area (Å²) in [5.74, 6) is 1.12. The first-order valence-electron chi connectivity index (χ1n) is 6.55. The summed E-state index contributed by atoms with van der Waals surface area (Å²) < 4.78 is 10.5. The number of nitrogens with zero attached hydrogens (tertiary/aromatic N) is 3. The van der Waals surface area contributed by atoms with E-state index in [0.717, 1.165) is 5.56 Å². The van der Waals surface area contributed by atoms with E-state index in [1.54, 1.807) is 48.8 Å². The molecule has 0 aliphatic heterocycles. The number of amides is 1. The van der Waals surface area contributed by atoms with Gasteiger partial charge in [-0.3, -0.25) is 4.98 Å². The Bertz CT molecular complexity index is 744. The first-order valence-corrected chi connectivity index (χ1v) is 6.55. The molecule has 3 rings (SSSR count). The van der Waals surface area contributed by atoms with Crippen molar-refractivity contribution < 1.29 is 13.9 Å². The first kappa shape index (κ1) is 13.7. The number of hydrogen-bond acceptors (Lipinski definition) is 6. The maximum absolute atomic E-state index is 11.6. The van der Waals surface area contributed by atoms with Crippen molar-refractivity contribution in [3.8, 4) is 17.2 Å². The maximum atomic E-state index is 11.6. The van der Waals surface area contributed by atoms with Crippen LogP contribution in [0.2, 0.25) is 0 Å². The molecule has 0 aliphatic carbocycles. The molecule has 0 atom stereocenters. The highest BCUT2D eigenvalue weighted by Gasteiger charge is 2.10. The van der Waals surface area contributed by atoms with Gasteiger partial charge in [0.25, 0.3) is 0 Å². The van der Waals surface area contributed by atoms with Gasteiger partial charge in [0.05, 0.1) is 6.54 Å². The molecule has 0 bridgehead atoms. The van der Waals surface area contributed by atoms with Crippen LogP contribution < -0.4 is 10.1 Å². The van der Waals surface area contributed by atoms with E-state index in [1.165, 1.54) is 0 Å². The molecule has 110 valence electrons. The molecular formula is C15H12N4O3. The molecule has 0 fully saturated rings. The van der Waals surface area contributed by atoms with Crippen LogP contribution in [0.3, 0.4) is 0 Å². The van der Waals surface area contributed by atoms with Gasteiger partial charge in [-0.25, -0.2) is 4.79 Å². The van der Waals surface area contributed by atoms with Gasteiger partial charge in [-0.2, -0.15) is 0 Å². The lowest BCUT2D eigenvalue weighted by atomic mass is 10.3. The van der Waals surface area contributed by atoms with Crippen molar-refractivity contribution in [3.05, 3.63) is 60.7 Å². The molecule has 1 aromatic carbocycles. The monoisotopic (exact) mass is 296 g/mol. The van der Waals surface area contributed by atoms with Crippen LogP contribution in [0.15, 0.2) is 59.3 Å². The maximum Gasteiger partial charge on any atom is 0.413 e. The van der Waals surface area contributed by atoms with Crippen molar-refractivity contribution in [2.24, 2.45) is 0 Å². The quantitative estimate of drug-likeness (QED) is 0.795. The number of pyridine rings is 1. The fourth-order valence-electron chi connectivity index (χ4n) is 1.72. The largest absolute Gasteiger partial charge is 0.419 e. The van der Waals surface area contributed by atoms with Crippen molar-refractivity contribution >= 4 is 6.09 Å². The number of benzene rings is 1. The van der Waals surface area contributed by atoms with E-state index in [9.17, 15) is 4.79 Å². The smallest absolute Gasteiger partial charge is 0.413 e. The lowest BCUT2D eigenvalue weighted by molar-refractivity contribution is 0.198. The summed E-state index contributed by atoms with van der Waals surface area (Å²) in [5, 5.41) is 10.3. The Hall–Kier alpha value is -3.22. The number of carbonyl (C=O) groups is 1. The van der Waals surface area contributed by atoms with Gasteiger partial charge in [0.1, 0.15) is 5.75 Å². The Labute approximate surface area is 126 Å². The molecule has 7 heteroatoms.